The number of rotatable bonds is 0. The molecule has 3 nitrogen and oxygen atoms in total. The summed E-state index contributed by atoms with van der Waals surface area (Å²) in [4.78, 5) is 12.0. The SMILES string of the molecule is Cc1cccc(C#Cc2cncnc2)n1. The Bertz CT molecular complexity index is 509. The third-order valence-corrected chi connectivity index (χ3v) is 1.78. The lowest BCUT2D eigenvalue weighted by atomic mass is 10.3. The van der Waals surface area contributed by atoms with Crippen LogP contribution in [-0.2, 0) is 0 Å². The summed E-state index contributed by atoms with van der Waals surface area (Å²) in [7, 11) is 0. The molecule has 0 saturated heterocycles. The van der Waals surface area contributed by atoms with Crippen molar-refractivity contribution in [1.82, 2.24) is 15.0 Å². The van der Waals surface area contributed by atoms with Gasteiger partial charge in [-0.15, -0.1) is 0 Å². The van der Waals surface area contributed by atoms with E-state index in [2.05, 4.69) is 26.8 Å². The van der Waals surface area contributed by atoms with Gasteiger partial charge in [0.05, 0.1) is 5.56 Å². The van der Waals surface area contributed by atoms with Crippen molar-refractivity contribution in [2.24, 2.45) is 0 Å². The van der Waals surface area contributed by atoms with Crippen LogP contribution in [0.2, 0.25) is 0 Å². The van der Waals surface area contributed by atoms with Crippen LogP contribution in [0.25, 0.3) is 0 Å². The van der Waals surface area contributed by atoms with E-state index in [0.717, 1.165) is 17.0 Å². The lowest BCUT2D eigenvalue weighted by Gasteiger charge is -1.91. The van der Waals surface area contributed by atoms with Gasteiger partial charge in [0, 0.05) is 18.1 Å². The second-order valence-corrected chi connectivity index (χ2v) is 3.04. The van der Waals surface area contributed by atoms with Gasteiger partial charge in [0.1, 0.15) is 12.0 Å². The number of pyridine rings is 1. The molecule has 3 heteroatoms. The average Bonchev–Trinajstić information content (AvgIpc) is 2.28. The minimum atomic E-state index is 0.763. The van der Waals surface area contributed by atoms with E-state index in [9.17, 15) is 0 Å². The molecule has 0 N–H and O–H groups in total. The summed E-state index contributed by atoms with van der Waals surface area (Å²) in [5, 5.41) is 0. The molecule has 72 valence electrons. The second kappa shape index (κ2) is 4.34. The molecule has 2 rings (SSSR count). The summed E-state index contributed by atoms with van der Waals surface area (Å²) < 4.78 is 0. The molecule has 2 aromatic rings. The highest BCUT2D eigenvalue weighted by Gasteiger charge is 1.89. The summed E-state index contributed by atoms with van der Waals surface area (Å²) in [5.74, 6) is 5.91. The summed E-state index contributed by atoms with van der Waals surface area (Å²) in [5.41, 5.74) is 2.52. The van der Waals surface area contributed by atoms with Crippen LogP contribution in [0.15, 0.2) is 36.9 Å². The van der Waals surface area contributed by atoms with Gasteiger partial charge in [-0.2, -0.15) is 0 Å². The highest BCUT2D eigenvalue weighted by Crippen LogP contribution is 1.96. The topological polar surface area (TPSA) is 38.7 Å². The zero-order valence-corrected chi connectivity index (χ0v) is 8.31. The quantitative estimate of drug-likeness (QED) is 0.599. The first-order valence-electron chi connectivity index (χ1n) is 4.55. The van der Waals surface area contributed by atoms with Crippen molar-refractivity contribution in [2.45, 2.75) is 6.92 Å². The van der Waals surface area contributed by atoms with E-state index < -0.39 is 0 Å². The number of aromatic nitrogens is 3. The van der Waals surface area contributed by atoms with Crippen LogP contribution in [0.1, 0.15) is 17.0 Å². The molecule has 0 bridgehead atoms. The van der Waals surface area contributed by atoms with Gasteiger partial charge in [-0.25, -0.2) is 15.0 Å². The maximum Gasteiger partial charge on any atom is 0.115 e. The molecule has 0 aliphatic carbocycles. The molecular formula is C12H9N3. The zero-order valence-electron chi connectivity index (χ0n) is 8.31. The fraction of sp³-hybridized carbons (Fsp3) is 0.0833. The Morgan fingerprint density at radius 2 is 1.87 bits per heavy atom. The molecule has 0 atom stereocenters. The predicted molar refractivity (Wildman–Crippen MR) is 57.0 cm³/mol. The van der Waals surface area contributed by atoms with Crippen LogP contribution in [0.5, 0.6) is 0 Å². The van der Waals surface area contributed by atoms with Crippen molar-refractivity contribution in [3.63, 3.8) is 0 Å². The van der Waals surface area contributed by atoms with Crippen LogP contribution in [0.4, 0.5) is 0 Å². The molecule has 2 heterocycles. The van der Waals surface area contributed by atoms with E-state index in [1.54, 1.807) is 12.4 Å². The van der Waals surface area contributed by atoms with Crippen molar-refractivity contribution < 1.29 is 0 Å². The summed E-state index contributed by atoms with van der Waals surface area (Å²) in [6.07, 6.45) is 4.84. The van der Waals surface area contributed by atoms with E-state index in [1.807, 2.05) is 25.1 Å². The third-order valence-electron chi connectivity index (χ3n) is 1.78. The molecule has 0 saturated carbocycles. The standard InChI is InChI=1S/C12H9N3/c1-10-3-2-4-12(15-10)6-5-11-7-13-9-14-8-11/h2-4,7-9H,1H3. The van der Waals surface area contributed by atoms with Crippen molar-refractivity contribution in [3.05, 3.63) is 53.9 Å². The molecule has 0 radical (unpaired) electrons. The number of aryl methyl sites for hydroxylation is 1. The fourth-order valence-corrected chi connectivity index (χ4v) is 1.11. The summed E-state index contributed by atoms with van der Waals surface area (Å²) in [6.45, 7) is 1.94. The zero-order chi connectivity index (χ0) is 10.5. The smallest absolute Gasteiger partial charge is 0.115 e. The van der Waals surface area contributed by atoms with Crippen LogP contribution < -0.4 is 0 Å². The Hall–Kier alpha value is -2.21. The van der Waals surface area contributed by atoms with E-state index >= 15 is 0 Å². The number of nitrogens with zero attached hydrogens (tertiary/aromatic N) is 3. The molecule has 0 aromatic carbocycles. The van der Waals surface area contributed by atoms with Crippen LogP contribution in [0.3, 0.4) is 0 Å². The first-order chi connectivity index (χ1) is 7.34. The molecule has 0 aliphatic heterocycles. The first kappa shape index (κ1) is 9.35. The molecule has 0 fully saturated rings. The monoisotopic (exact) mass is 195 g/mol. The maximum atomic E-state index is 4.27. The predicted octanol–water partition coefficient (Wildman–Crippen LogP) is 1.58. The van der Waals surface area contributed by atoms with Gasteiger partial charge in [0.25, 0.3) is 0 Å². The molecule has 0 spiro atoms. The maximum absolute atomic E-state index is 4.27. The van der Waals surface area contributed by atoms with Crippen molar-refractivity contribution >= 4 is 0 Å². The number of hydrogen-bond acceptors (Lipinski definition) is 3. The van der Waals surface area contributed by atoms with Gasteiger partial charge in [0.2, 0.25) is 0 Å². The normalized spacial score (nSPS) is 9.13. The van der Waals surface area contributed by atoms with Gasteiger partial charge in [-0.3, -0.25) is 0 Å². The van der Waals surface area contributed by atoms with Gasteiger partial charge < -0.3 is 0 Å². The molecular weight excluding hydrogens is 186 g/mol. The summed E-state index contributed by atoms with van der Waals surface area (Å²) >= 11 is 0. The van der Waals surface area contributed by atoms with E-state index in [-0.39, 0.29) is 0 Å². The second-order valence-electron chi connectivity index (χ2n) is 3.04. The Morgan fingerprint density at radius 1 is 1.07 bits per heavy atom. The minimum Gasteiger partial charge on any atom is -0.245 e. The molecule has 0 aliphatic rings. The summed E-state index contributed by atoms with van der Waals surface area (Å²) in [6, 6.07) is 5.76. The Balaban J connectivity index is 2.26. The van der Waals surface area contributed by atoms with Crippen molar-refractivity contribution in [2.75, 3.05) is 0 Å². The third kappa shape index (κ3) is 2.61. The molecule has 2 aromatic heterocycles. The van der Waals surface area contributed by atoms with E-state index in [4.69, 9.17) is 0 Å². The Labute approximate surface area is 88.2 Å². The highest BCUT2D eigenvalue weighted by molar-refractivity contribution is 5.37. The van der Waals surface area contributed by atoms with Crippen molar-refractivity contribution in [3.8, 4) is 11.8 Å². The van der Waals surface area contributed by atoms with Crippen molar-refractivity contribution in [1.29, 1.82) is 0 Å². The largest absolute Gasteiger partial charge is 0.245 e. The lowest BCUT2D eigenvalue weighted by Crippen LogP contribution is -1.85. The Kier molecular flexibility index (Phi) is 2.70. The van der Waals surface area contributed by atoms with Crippen LogP contribution >= 0.6 is 0 Å². The van der Waals surface area contributed by atoms with Gasteiger partial charge >= 0.3 is 0 Å². The van der Waals surface area contributed by atoms with Gasteiger partial charge in [-0.05, 0) is 25.0 Å². The molecule has 0 amide bonds. The molecule has 0 unspecified atom stereocenters. The van der Waals surface area contributed by atoms with Crippen LogP contribution in [0, 0.1) is 18.8 Å². The lowest BCUT2D eigenvalue weighted by molar-refractivity contribution is 1.15. The van der Waals surface area contributed by atoms with Crippen LogP contribution in [-0.4, -0.2) is 15.0 Å². The minimum absolute atomic E-state index is 0.763. The van der Waals surface area contributed by atoms with Gasteiger partial charge in [0.15, 0.2) is 0 Å². The first-order valence-corrected chi connectivity index (χ1v) is 4.55. The van der Waals surface area contributed by atoms with E-state index in [0.29, 0.717) is 0 Å². The Morgan fingerprint density at radius 3 is 2.60 bits per heavy atom. The number of hydrogen-bond donors (Lipinski definition) is 0. The van der Waals surface area contributed by atoms with Gasteiger partial charge in [-0.1, -0.05) is 12.0 Å². The molecule has 15 heavy (non-hydrogen) atoms. The van der Waals surface area contributed by atoms with E-state index in [1.165, 1.54) is 6.33 Å². The average molecular weight is 195 g/mol. The highest BCUT2D eigenvalue weighted by atomic mass is 14.8. The fourth-order valence-electron chi connectivity index (χ4n) is 1.11.